The molecule has 1 aliphatic rings. The average Bonchev–Trinajstić information content (AvgIpc) is 2.75. The second-order valence-electron chi connectivity index (χ2n) is 9.05. The number of hydrogen-bond donors (Lipinski definition) is 2. The summed E-state index contributed by atoms with van der Waals surface area (Å²) in [5, 5.41) is 8.22. The molecule has 0 aliphatic carbocycles. The fourth-order valence-corrected chi connectivity index (χ4v) is 3.94. The summed E-state index contributed by atoms with van der Waals surface area (Å²) in [6, 6.07) is 0. The molecule has 0 aromatic heterocycles. The van der Waals surface area contributed by atoms with Gasteiger partial charge in [-0.25, -0.2) is 4.40 Å². The molecule has 183 valence electrons. The highest BCUT2D eigenvalue weighted by Gasteiger charge is 2.36. The molecule has 32 heavy (non-hydrogen) atoms. The van der Waals surface area contributed by atoms with Crippen LogP contribution < -0.4 is 0 Å². The third kappa shape index (κ3) is 12.2. The molecular weight excluding hydrogens is 417 g/mol. The lowest BCUT2D eigenvalue weighted by atomic mass is 9.68. The largest absolute Gasteiger partial charge is 0.474 e. The van der Waals surface area contributed by atoms with Gasteiger partial charge in [-0.15, -0.1) is 0 Å². The lowest BCUT2D eigenvalue weighted by molar-refractivity contribution is -0.916. The van der Waals surface area contributed by atoms with Crippen molar-refractivity contribution in [2.24, 2.45) is 4.40 Å². The number of ether oxygens (including phenoxy) is 1. The number of nitrogens with zero attached hydrogens (tertiary/aromatic N) is 2. The van der Waals surface area contributed by atoms with Gasteiger partial charge in [0.25, 0.3) is 5.87 Å². The number of carbonyl (C=O) groups excluding carboxylic acids is 1. The molecule has 0 amide bonds. The van der Waals surface area contributed by atoms with Gasteiger partial charge in [0.05, 0.1) is 31.9 Å². The number of hydrogen-bond acceptors (Lipinski definition) is 5. The van der Waals surface area contributed by atoms with E-state index in [1.54, 1.807) is 7.28 Å². The summed E-state index contributed by atoms with van der Waals surface area (Å²) in [5.74, 6) is -0.197. The minimum Gasteiger partial charge on any atom is -0.474 e. The second kappa shape index (κ2) is 18.4. The molecule has 5 nitrogen and oxygen atoms in total. The van der Waals surface area contributed by atoms with E-state index in [-0.39, 0.29) is 11.8 Å². The first-order valence-corrected chi connectivity index (χ1v) is 13.0. The molecule has 1 N–H and O–H groups in total. The Balaban J connectivity index is 0.00000118. The Kier molecular flexibility index (Phi) is 17.7. The first-order chi connectivity index (χ1) is 15.3. The van der Waals surface area contributed by atoms with Crippen molar-refractivity contribution >= 4 is 37.4 Å². The number of thiol groups is 1. The van der Waals surface area contributed by atoms with Gasteiger partial charge in [-0.2, -0.15) is 0 Å². The van der Waals surface area contributed by atoms with Crippen molar-refractivity contribution < 1.29 is 14.0 Å². The lowest BCUT2D eigenvalue weighted by Crippen LogP contribution is -2.58. The van der Waals surface area contributed by atoms with Gasteiger partial charge in [-0.1, -0.05) is 78.7 Å². The molecule has 0 aromatic rings. The first kappa shape index (κ1) is 30.9. The molecule has 2 unspecified atom stereocenters. The highest BCUT2D eigenvalue weighted by molar-refractivity contribution is 7.79. The second-order valence-corrected chi connectivity index (χ2v) is 9.25. The number of rotatable bonds is 14. The molecule has 1 heterocycles. The molecule has 0 bridgehead atoms. The summed E-state index contributed by atoms with van der Waals surface area (Å²) in [4.78, 5) is 12.0. The molecule has 1 aliphatic heterocycles. The van der Waals surface area contributed by atoms with Crippen LogP contribution in [-0.2, 0) is 4.74 Å². The molecule has 0 aromatic carbocycles. The number of likely N-dealkylation sites (N-methyl/N-ethyl adjacent to an activating group) is 1. The van der Waals surface area contributed by atoms with Crippen molar-refractivity contribution in [3.63, 3.8) is 0 Å². The van der Waals surface area contributed by atoms with E-state index in [2.05, 4.69) is 65.0 Å². The van der Waals surface area contributed by atoms with Crippen LogP contribution in [0.15, 0.2) is 16.0 Å². The smallest absolute Gasteiger partial charge is 0.336 e. The van der Waals surface area contributed by atoms with Gasteiger partial charge >= 0.3 is 7.28 Å². The Labute approximate surface area is 204 Å². The summed E-state index contributed by atoms with van der Waals surface area (Å²) < 4.78 is 10.0. The molecule has 0 fully saturated rings. The molecule has 0 spiro atoms. The van der Waals surface area contributed by atoms with Gasteiger partial charge in [0.1, 0.15) is 12.3 Å². The number of nitrogens with one attached hydrogen (secondary N) is 1. The Bertz CT molecular complexity index is 606. The van der Waals surface area contributed by atoms with E-state index in [0.29, 0.717) is 28.9 Å². The standard InChI is InChI=1S/C18H31BN3O2S.C7H16/c1-5-7-12-24-18(23)19-14(3)22(4)11-8-10-15(13-22)17(21-25)16(20)9-6-2;1-3-5-7-6-4-2/h10,14H,5-9,11-13H2,1-4H3,(H-,20,25);3-7H2,1-2H3/p+1. The van der Waals surface area contributed by atoms with Crippen LogP contribution in [-0.4, -0.2) is 61.7 Å². The molecule has 7 heteroatoms. The lowest BCUT2D eigenvalue weighted by Gasteiger charge is -2.42. The highest BCUT2D eigenvalue weighted by atomic mass is 32.1. The van der Waals surface area contributed by atoms with E-state index < -0.39 is 0 Å². The summed E-state index contributed by atoms with van der Waals surface area (Å²) in [7, 11) is 3.83. The molecule has 1 radical (unpaired) electrons. The van der Waals surface area contributed by atoms with Crippen molar-refractivity contribution in [2.75, 3.05) is 26.7 Å². The first-order valence-electron chi connectivity index (χ1n) is 12.6. The van der Waals surface area contributed by atoms with Crippen molar-refractivity contribution in [3.05, 3.63) is 11.6 Å². The molecule has 2 atom stereocenters. The third-order valence-corrected chi connectivity index (χ3v) is 6.26. The minimum atomic E-state index is -0.238. The van der Waals surface area contributed by atoms with Crippen LogP contribution in [0.4, 0.5) is 4.79 Å². The fourth-order valence-electron chi connectivity index (χ4n) is 3.69. The normalized spacial score (nSPS) is 19.3. The van der Waals surface area contributed by atoms with Gasteiger partial charge in [0, 0.05) is 12.0 Å². The average molecular weight is 466 g/mol. The van der Waals surface area contributed by atoms with Crippen LogP contribution in [0.1, 0.15) is 98.8 Å². The Morgan fingerprint density at radius 2 is 1.78 bits per heavy atom. The summed E-state index contributed by atoms with van der Waals surface area (Å²) >= 11 is 4.09. The maximum absolute atomic E-state index is 12.0. The fraction of sp³-hybridized carbons (Fsp3) is 0.800. The van der Waals surface area contributed by atoms with Crippen LogP contribution >= 0.6 is 12.8 Å². The van der Waals surface area contributed by atoms with Crippen molar-refractivity contribution in [2.45, 2.75) is 105 Å². The summed E-state index contributed by atoms with van der Waals surface area (Å²) in [6.07, 6.45) is 13.6. The zero-order valence-electron chi connectivity index (χ0n) is 21.6. The summed E-state index contributed by atoms with van der Waals surface area (Å²) in [6.45, 7) is 12.9. The Hall–Kier alpha value is -1.08. The van der Waals surface area contributed by atoms with Crippen LogP contribution in [0.2, 0.25) is 0 Å². The predicted molar refractivity (Wildman–Crippen MR) is 144 cm³/mol. The van der Waals surface area contributed by atoms with E-state index >= 15 is 0 Å². The zero-order valence-corrected chi connectivity index (χ0v) is 22.5. The van der Waals surface area contributed by atoms with Gasteiger partial charge in [0.2, 0.25) is 0 Å². The maximum Gasteiger partial charge on any atom is 0.336 e. The van der Waals surface area contributed by atoms with Gasteiger partial charge in [-0.3, -0.25) is 4.79 Å². The van der Waals surface area contributed by atoms with Crippen molar-refractivity contribution in [1.82, 2.24) is 0 Å². The van der Waals surface area contributed by atoms with Gasteiger partial charge in [0.15, 0.2) is 0 Å². The minimum absolute atomic E-state index is 0.0411. The zero-order chi connectivity index (χ0) is 24.4. The van der Waals surface area contributed by atoms with Crippen LogP contribution in [0.5, 0.6) is 0 Å². The predicted octanol–water partition coefficient (Wildman–Crippen LogP) is 6.83. The monoisotopic (exact) mass is 465 g/mol. The molecular formula is C25H48BN3O2S+. The number of carbonyl (C=O) groups is 1. The van der Waals surface area contributed by atoms with Gasteiger partial charge in [-0.05, 0) is 32.6 Å². The van der Waals surface area contributed by atoms with Crippen LogP contribution in [0, 0.1) is 5.41 Å². The summed E-state index contributed by atoms with van der Waals surface area (Å²) in [5.41, 5.74) is 2.28. The van der Waals surface area contributed by atoms with E-state index in [1.807, 2.05) is 0 Å². The molecule has 0 saturated heterocycles. The van der Waals surface area contributed by atoms with E-state index in [0.717, 1.165) is 44.3 Å². The molecule has 0 saturated carbocycles. The number of quaternary nitrogens is 1. The van der Waals surface area contributed by atoms with E-state index in [1.165, 1.54) is 32.1 Å². The Morgan fingerprint density at radius 3 is 2.31 bits per heavy atom. The highest BCUT2D eigenvalue weighted by Crippen LogP contribution is 2.22. The molecule has 1 rings (SSSR count). The quantitative estimate of drug-likeness (QED) is 0.0971. The third-order valence-electron chi connectivity index (χ3n) is 6.06. The maximum atomic E-state index is 12.0. The van der Waals surface area contributed by atoms with E-state index in [9.17, 15) is 4.79 Å². The van der Waals surface area contributed by atoms with Crippen LogP contribution in [0.25, 0.3) is 0 Å². The van der Waals surface area contributed by atoms with Gasteiger partial charge < -0.3 is 14.6 Å². The topological polar surface area (TPSA) is 62.5 Å². The van der Waals surface area contributed by atoms with Crippen molar-refractivity contribution in [3.8, 4) is 0 Å². The van der Waals surface area contributed by atoms with E-state index in [4.69, 9.17) is 10.1 Å². The number of unbranched alkanes of at least 4 members (excludes halogenated alkanes) is 5. The van der Waals surface area contributed by atoms with Crippen molar-refractivity contribution in [1.29, 1.82) is 5.41 Å². The SMILES string of the molecule is CCCCCCC.CCCCOC(=O)[B]C(C)[N+]1(C)CCC=C(/C(=N/S)C(=N)CCC)C1. The van der Waals surface area contributed by atoms with Crippen LogP contribution in [0.3, 0.4) is 0 Å². The Morgan fingerprint density at radius 1 is 1.16 bits per heavy atom.